The van der Waals surface area contributed by atoms with Gasteiger partial charge in [-0.15, -0.1) is 0 Å². The fraction of sp³-hybridized carbons (Fsp3) is 0.595. The van der Waals surface area contributed by atoms with Crippen LogP contribution in [-0.4, -0.2) is 81.6 Å². The quantitative estimate of drug-likeness (QED) is 0.179. The molecule has 0 spiro atoms. The molecule has 5 N–H and O–H groups in total. The van der Waals surface area contributed by atoms with Crippen LogP contribution in [0, 0.1) is 0 Å². The topological polar surface area (TPSA) is 180 Å². The molecular weight excluding hydrogens is 684 g/mol. The molecule has 2 aromatic rings. The van der Waals surface area contributed by atoms with Crippen molar-refractivity contribution in [1.29, 1.82) is 0 Å². The van der Waals surface area contributed by atoms with E-state index in [2.05, 4.69) is 28.1 Å². The van der Waals surface area contributed by atoms with Crippen LogP contribution in [0.4, 0.5) is 0 Å². The number of nitrogens with one attached hydrogen (secondary N) is 3. The molecule has 2 aromatic carbocycles. The van der Waals surface area contributed by atoms with Gasteiger partial charge in [0.2, 0.25) is 0 Å². The van der Waals surface area contributed by atoms with E-state index in [-0.39, 0.29) is 53.3 Å². The molecule has 1 unspecified atom stereocenters. The second-order valence-electron chi connectivity index (χ2n) is 15.0. The highest BCUT2D eigenvalue weighted by molar-refractivity contribution is 7.90. The van der Waals surface area contributed by atoms with E-state index in [1.165, 1.54) is 30.5 Å². The van der Waals surface area contributed by atoms with Gasteiger partial charge in [-0.05, 0) is 80.0 Å². The summed E-state index contributed by atoms with van der Waals surface area (Å²) in [5.41, 5.74) is 6.73. The Kier molecular flexibility index (Phi) is 14.4. The zero-order valence-electron chi connectivity index (χ0n) is 30.6. The molecule has 4 aliphatic rings. The van der Waals surface area contributed by atoms with Crippen molar-refractivity contribution in [2.45, 2.75) is 120 Å². The fourth-order valence-electron chi connectivity index (χ4n) is 7.81. The Morgan fingerprint density at radius 3 is 2.06 bits per heavy atom. The summed E-state index contributed by atoms with van der Waals surface area (Å²) < 4.78 is 36.0. The summed E-state index contributed by atoms with van der Waals surface area (Å²) in [6, 6.07) is 12.4. The van der Waals surface area contributed by atoms with Crippen LogP contribution in [0.5, 0.6) is 0 Å². The third-order valence-corrected chi connectivity index (χ3v) is 12.1. The maximum atomic E-state index is 12.5. The summed E-state index contributed by atoms with van der Waals surface area (Å²) in [6.45, 7) is 6.33. The maximum absolute atomic E-state index is 12.5. The van der Waals surface area contributed by atoms with Crippen molar-refractivity contribution in [2.24, 2.45) is 0 Å². The average molecular weight is 738 g/mol. The van der Waals surface area contributed by atoms with E-state index in [1.54, 1.807) is 0 Å². The highest BCUT2D eigenvalue weighted by Gasteiger charge is 2.38. The van der Waals surface area contributed by atoms with Crippen molar-refractivity contribution in [2.75, 3.05) is 19.3 Å². The minimum atomic E-state index is -3.35. The lowest BCUT2D eigenvalue weighted by atomic mass is 9.64. The van der Waals surface area contributed by atoms with Gasteiger partial charge in [0.25, 0.3) is 0 Å². The van der Waals surface area contributed by atoms with E-state index < -0.39 is 29.9 Å². The summed E-state index contributed by atoms with van der Waals surface area (Å²) in [5, 5.41) is 30.2. The zero-order chi connectivity index (χ0) is 37.4. The van der Waals surface area contributed by atoms with Crippen LogP contribution in [0.2, 0.25) is 11.6 Å². The molecule has 282 valence electrons. The molecule has 6 rings (SSSR count). The van der Waals surface area contributed by atoms with Crippen molar-refractivity contribution < 1.29 is 42.2 Å². The first-order valence-electron chi connectivity index (χ1n) is 18.5. The second-order valence-corrected chi connectivity index (χ2v) is 17.1. The van der Waals surface area contributed by atoms with E-state index >= 15 is 0 Å². The lowest BCUT2D eigenvalue weighted by molar-refractivity contribution is -0.120. The Balaban J connectivity index is 0.000000202. The summed E-state index contributed by atoms with van der Waals surface area (Å²) in [6.07, 6.45) is 3.32. The molecule has 4 heterocycles. The number of carbonyl (C=O) groups is 3. The van der Waals surface area contributed by atoms with E-state index in [0.717, 1.165) is 42.9 Å². The summed E-state index contributed by atoms with van der Waals surface area (Å²) in [4.78, 5) is 34.9. The van der Waals surface area contributed by atoms with Gasteiger partial charge in [0.1, 0.15) is 17.3 Å². The van der Waals surface area contributed by atoms with Crippen LogP contribution in [-0.2, 0) is 65.3 Å². The molecule has 0 aromatic heterocycles. The SMILES string of the molecule is CC(=O)C[C@@H]1CC[C@H](CS(=O)(=O)Cc2ccc3c(c2)CNC3)B(O)O1.CNCC1NCc2cc(CC(=O)C[C@H]3CC[C@@H](CC(C)=O)OB3O)ccc21. The Morgan fingerprint density at radius 2 is 1.42 bits per heavy atom. The smallest absolute Gasteiger partial charge is 0.427 e. The number of sulfone groups is 1. The van der Waals surface area contributed by atoms with Crippen LogP contribution < -0.4 is 16.0 Å². The van der Waals surface area contributed by atoms with Crippen molar-refractivity contribution in [3.05, 3.63) is 69.8 Å². The highest BCUT2D eigenvalue weighted by atomic mass is 32.2. The third-order valence-electron chi connectivity index (χ3n) is 10.4. The van der Waals surface area contributed by atoms with Gasteiger partial charge >= 0.3 is 14.2 Å². The van der Waals surface area contributed by atoms with Crippen LogP contribution >= 0.6 is 0 Å². The molecule has 15 heteroatoms. The first-order chi connectivity index (χ1) is 24.8. The molecule has 5 atom stereocenters. The maximum Gasteiger partial charge on any atom is 0.458 e. The predicted molar refractivity (Wildman–Crippen MR) is 200 cm³/mol. The molecule has 52 heavy (non-hydrogen) atoms. The lowest BCUT2D eigenvalue weighted by Gasteiger charge is -2.30. The Bertz CT molecular complexity index is 1690. The Morgan fingerprint density at radius 1 is 0.808 bits per heavy atom. The summed E-state index contributed by atoms with van der Waals surface area (Å²) in [5.74, 6) is -0.568. The molecule has 2 saturated heterocycles. The van der Waals surface area contributed by atoms with E-state index in [1.807, 2.05) is 31.3 Å². The molecular formula is C37H53B2N3O9S. The largest absolute Gasteiger partial charge is 0.458 e. The first kappa shape index (κ1) is 40.4. The van der Waals surface area contributed by atoms with Gasteiger partial charge in [-0.2, -0.15) is 0 Å². The highest BCUT2D eigenvalue weighted by Crippen LogP contribution is 2.33. The number of fused-ring (bicyclic) bond motifs is 2. The average Bonchev–Trinajstić information content (AvgIpc) is 3.70. The predicted octanol–water partition coefficient (Wildman–Crippen LogP) is 2.77. The third kappa shape index (κ3) is 11.6. The van der Waals surface area contributed by atoms with Crippen molar-refractivity contribution >= 4 is 41.4 Å². The molecule has 4 aliphatic heterocycles. The van der Waals surface area contributed by atoms with Gasteiger partial charge in [0.05, 0.1) is 11.5 Å². The van der Waals surface area contributed by atoms with Crippen molar-refractivity contribution in [3.8, 4) is 0 Å². The van der Waals surface area contributed by atoms with E-state index in [4.69, 9.17) is 9.31 Å². The zero-order valence-corrected chi connectivity index (χ0v) is 31.4. The van der Waals surface area contributed by atoms with Crippen LogP contribution in [0.1, 0.15) is 98.2 Å². The number of Topliss-reactive ketones (excluding diaryl/α,β-unsaturated/α-hetero) is 3. The van der Waals surface area contributed by atoms with E-state index in [0.29, 0.717) is 51.0 Å². The van der Waals surface area contributed by atoms with Crippen molar-refractivity contribution in [1.82, 2.24) is 16.0 Å². The minimum absolute atomic E-state index is 0.00868. The molecule has 0 aliphatic carbocycles. The number of hydrogen-bond donors (Lipinski definition) is 5. The summed E-state index contributed by atoms with van der Waals surface area (Å²) >= 11 is 0. The second kappa shape index (κ2) is 18.5. The molecule has 12 nitrogen and oxygen atoms in total. The van der Waals surface area contributed by atoms with Crippen molar-refractivity contribution in [3.63, 3.8) is 0 Å². The fourth-order valence-corrected chi connectivity index (χ4v) is 9.60. The number of benzene rings is 2. The van der Waals surface area contributed by atoms with Gasteiger partial charge in [0, 0.05) is 81.7 Å². The number of hydrogen-bond acceptors (Lipinski definition) is 12. The Hall–Kier alpha value is -2.75. The van der Waals surface area contributed by atoms with Crippen LogP contribution in [0.15, 0.2) is 36.4 Å². The number of ketones is 3. The van der Waals surface area contributed by atoms with Gasteiger partial charge in [0.15, 0.2) is 9.84 Å². The Labute approximate surface area is 308 Å². The molecule has 0 saturated carbocycles. The van der Waals surface area contributed by atoms with Gasteiger partial charge in [-0.3, -0.25) is 14.4 Å². The van der Waals surface area contributed by atoms with Gasteiger partial charge < -0.3 is 35.3 Å². The monoisotopic (exact) mass is 737 g/mol. The number of carbonyl (C=O) groups excluding carboxylic acids is 3. The number of likely N-dealkylation sites (N-methyl/N-ethyl adjacent to an activating group) is 1. The molecule has 0 bridgehead atoms. The molecule has 0 radical (unpaired) electrons. The molecule has 0 amide bonds. The van der Waals surface area contributed by atoms with Crippen LogP contribution in [0.3, 0.4) is 0 Å². The number of rotatable bonds is 14. The van der Waals surface area contributed by atoms with E-state index in [9.17, 15) is 32.8 Å². The minimum Gasteiger partial charge on any atom is -0.427 e. The summed E-state index contributed by atoms with van der Waals surface area (Å²) in [7, 11) is -3.50. The normalized spacial score (nSPS) is 24.1. The van der Waals surface area contributed by atoms with Crippen LogP contribution in [0.25, 0.3) is 0 Å². The van der Waals surface area contributed by atoms with Gasteiger partial charge in [-0.25, -0.2) is 8.42 Å². The standard InChI is InChI=1S/C20H29BN2O4.C17H24BNO5S/c1-13(24)7-18-5-4-16(21(26)27-18)10-17(25)9-14-3-6-19-15(8-14)11-23-20(19)12-22-2;1-12(20)6-17-5-4-16(18(21)24-17)11-25(22,23)10-13-2-3-14-8-19-9-15(14)7-13/h3,6,8,16,18,20,22-23,26H,4-5,7,9-12H2,1-2H3;2-3,7,16-17,19,21H,4-6,8-11H2,1H3/t16-,18+,20?;16-,17+/m11/s1. The lowest BCUT2D eigenvalue weighted by Crippen LogP contribution is -2.39. The first-order valence-corrected chi connectivity index (χ1v) is 20.3. The van der Waals surface area contributed by atoms with Gasteiger partial charge in [-0.1, -0.05) is 36.4 Å². The molecule has 2 fully saturated rings.